The smallest absolute Gasteiger partial charge is 0.253 e. The second kappa shape index (κ2) is 7.17. The van der Waals surface area contributed by atoms with Crippen molar-refractivity contribution in [3.8, 4) is 0 Å². The third-order valence-electron chi connectivity index (χ3n) is 4.80. The number of hydrogen-bond donors (Lipinski definition) is 0. The normalized spacial score (nSPS) is 15.6. The first-order valence-corrected chi connectivity index (χ1v) is 9.87. The minimum absolute atomic E-state index is 0.0698. The number of likely N-dealkylation sites (tertiary alicyclic amines) is 1. The van der Waals surface area contributed by atoms with Crippen molar-refractivity contribution in [1.29, 1.82) is 0 Å². The van der Waals surface area contributed by atoms with Gasteiger partial charge >= 0.3 is 0 Å². The van der Waals surface area contributed by atoms with Crippen molar-refractivity contribution in [3.05, 3.63) is 65.5 Å². The van der Waals surface area contributed by atoms with Crippen molar-refractivity contribution in [2.24, 2.45) is 0 Å². The predicted octanol–water partition coefficient (Wildman–Crippen LogP) is 3.05. The standard InChI is InChI=1S/C19H21FN2O3S/c1-14(15-7-9-17(20)10-8-15)21(2)26(24,25)18-6-3-5-16(13-18)19(23)22-11-4-12-22/h3,5-10,13-14H,4,11-12H2,1-2H3. The van der Waals surface area contributed by atoms with Gasteiger partial charge in [-0.15, -0.1) is 0 Å². The van der Waals surface area contributed by atoms with Crippen molar-refractivity contribution in [3.63, 3.8) is 0 Å². The molecule has 138 valence electrons. The molecule has 0 aromatic heterocycles. The van der Waals surface area contributed by atoms with Crippen LogP contribution in [0.1, 0.15) is 35.3 Å². The van der Waals surface area contributed by atoms with Crippen LogP contribution in [0.3, 0.4) is 0 Å². The maximum atomic E-state index is 13.1. The fourth-order valence-corrected chi connectivity index (χ4v) is 4.21. The average Bonchev–Trinajstić information content (AvgIpc) is 2.59. The lowest BCUT2D eigenvalue weighted by Gasteiger charge is -2.31. The highest BCUT2D eigenvalue weighted by atomic mass is 32.2. The summed E-state index contributed by atoms with van der Waals surface area (Å²) in [6, 6.07) is 11.4. The van der Waals surface area contributed by atoms with Gasteiger partial charge < -0.3 is 4.90 Å². The van der Waals surface area contributed by atoms with Crippen LogP contribution in [0.2, 0.25) is 0 Å². The zero-order chi connectivity index (χ0) is 18.9. The molecular formula is C19H21FN2O3S. The topological polar surface area (TPSA) is 57.7 Å². The van der Waals surface area contributed by atoms with Crippen LogP contribution in [0.25, 0.3) is 0 Å². The van der Waals surface area contributed by atoms with Crippen LogP contribution in [0.15, 0.2) is 53.4 Å². The number of sulfonamides is 1. The molecule has 26 heavy (non-hydrogen) atoms. The molecule has 1 aliphatic rings. The average molecular weight is 376 g/mol. The van der Waals surface area contributed by atoms with E-state index in [0.29, 0.717) is 24.2 Å². The Morgan fingerprint density at radius 2 is 1.81 bits per heavy atom. The highest BCUT2D eigenvalue weighted by Crippen LogP contribution is 2.26. The van der Waals surface area contributed by atoms with Crippen LogP contribution >= 0.6 is 0 Å². The first-order valence-electron chi connectivity index (χ1n) is 8.43. The van der Waals surface area contributed by atoms with E-state index in [9.17, 15) is 17.6 Å². The SMILES string of the molecule is CC(c1ccc(F)cc1)N(C)S(=O)(=O)c1cccc(C(=O)N2CCC2)c1. The Bertz CT molecular complexity index is 909. The van der Waals surface area contributed by atoms with Gasteiger partial charge in [-0.05, 0) is 49.2 Å². The van der Waals surface area contributed by atoms with Gasteiger partial charge in [0.15, 0.2) is 0 Å². The van der Waals surface area contributed by atoms with E-state index in [1.165, 1.54) is 35.6 Å². The number of amides is 1. The largest absolute Gasteiger partial charge is 0.339 e. The zero-order valence-corrected chi connectivity index (χ0v) is 15.5. The van der Waals surface area contributed by atoms with Crippen LogP contribution in [-0.2, 0) is 10.0 Å². The van der Waals surface area contributed by atoms with Crippen molar-refractivity contribution >= 4 is 15.9 Å². The Kier molecular flexibility index (Phi) is 5.11. The van der Waals surface area contributed by atoms with Crippen molar-refractivity contribution < 1.29 is 17.6 Å². The summed E-state index contributed by atoms with van der Waals surface area (Å²) < 4.78 is 40.3. The number of nitrogens with zero attached hydrogens (tertiary/aromatic N) is 2. The lowest BCUT2D eigenvalue weighted by atomic mass is 10.1. The Morgan fingerprint density at radius 1 is 1.15 bits per heavy atom. The molecule has 0 saturated carbocycles. The van der Waals surface area contributed by atoms with Crippen molar-refractivity contribution in [2.45, 2.75) is 24.3 Å². The van der Waals surface area contributed by atoms with E-state index in [2.05, 4.69) is 0 Å². The molecule has 1 fully saturated rings. The van der Waals surface area contributed by atoms with Gasteiger partial charge in [-0.1, -0.05) is 18.2 Å². The molecule has 7 heteroatoms. The molecule has 5 nitrogen and oxygen atoms in total. The maximum Gasteiger partial charge on any atom is 0.253 e. The third-order valence-corrected chi connectivity index (χ3v) is 6.72. The summed E-state index contributed by atoms with van der Waals surface area (Å²) >= 11 is 0. The van der Waals surface area contributed by atoms with Gasteiger partial charge in [0.05, 0.1) is 4.90 Å². The molecule has 3 rings (SSSR count). The van der Waals surface area contributed by atoms with E-state index in [-0.39, 0.29) is 16.6 Å². The second-order valence-electron chi connectivity index (χ2n) is 6.42. The molecule has 1 heterocycles. The predicted molar refractivity (Wildman–Crippen MR) is 96.7 cm³/mol. The van der Waals surface area contributed by atoms with E-state index < -0.39 is 16.1 Å². The third kappa shape index (κ3) is 3.50. The summed E-state index contributed by atoms with van der Waals surface area (Å²) in [4.78, 5) is 14.1. The van der Waals surface area contributed by atoms with Crippen LogP contribution in [0.5, 0.6) is 0 Å². The van der Waals surface area contributed by atoms with E-state index in [4.69, 9.17) is 0 Å². The molecule has 0 bridgehead atoms. The van der Waals surface area contributed by atoms with Crippen molar-refractivity contribution in [2.75, 3.05) is 20.1 Å². The van der Waals surface area contributed by atoms with Gasteiger partial charge in [0.1, 0.15) is 5.82 Å². The van der Waals surface area contributed by atoms with E-state index >= 15 is 0 Å². The summed E-state index contributed by atoms with van der Waals surface area (Å²) in [5.41, 5.74) is 1.05. The number of carbonyl (C=O) groups excluding carboxylic acids is 1. The molecule has 2 aromatic rings. The fraction of sp³-hybridized carbons (Fsp3) is 0.316. The van der Waals surface area contributed by atoms with Gasteiger partial charge in [-0.25, -0.2) is 12.8 Å². The van der Waals surface area contributed by atoms with Crippen LogP contribution in [0.4, 0.5) is 4.39 Å². The number of carbonyl (C=O) groups is 1. The minimum Gasteiger partial charge on any atom is -0.339 e. The summed E-state index contributed by atoms with van der Waals surface area (Å²) in [6.07, 6.45) is 0.974. The number of hydrogen-bond acceptors (Lipinski definition) is 3. The van der Waals surface area contributed by atoms with Crippen LogP contribution < -0.4 is 0 Å². The van der Waals surface area contributed by atoms with Gasteiger partial charge in [0.25, 0.3) is 5.91 Å². The highest BCUT2D eigenvalue weighted by Gasteiger charge is 2.28. The minimum atomic E-state index is -3.80. The molecule has 0 aliphatic carbocycles. The Balaban J connectivity index is 1.87. The molecular weight excluding hydrogens is 355 g/mol. The lowest BCUT2D eigenvalue weighted by Crippen LogP contribution is -2.42. The molecule has 1 aliphatic heterocycles. The fourth-order valence-electron chi connectivity index (χ4n) is 2.82. The molecule has 1 unspecified atom stereocenters. The first-order chi connectivity index (χ1) is 12.3. The molecule has 2 aromatic carbocycles. The Morgan fingerprint density at radius 3 is 2.38 bits per heavy atom. The summed E-state index contributed by atoms with van der Waals surface area (Å²) in [7, 11) is -2.32. The first kappa shape index (κ1) is 18.5. The van der Waals surface area contributed by atoms with Gasteiger partial charge in [-0.3, -0.25) is 4.79 Å². The molecule has 0 radical (unpaired) electrons. The summed E-state index contributed by atoms with van der Waals surface area (Å²) in [6.45, 7) is 3.15. The Hall–Kier alpha value is -2.25. The van der Waals surface area contributed by atoms with Crippen LogP contribution in [-0.4, -0.2) is 43.7 Å². The van der Waals surface area contributed by atoms with E-state index in [1.54, 1.807) is 36.1 Å². The van der Waals surface area contributed by atoms with E-state index in [1.807, 2.05) is 0 Å². The van der Waals surface area contributed by atoms with Gasteiger partial charge in [0, 0.05) is 31.7 Å². The van der Waals surface area contributed by atoms with Crippen LogP contribution in [0, 0.1) is 5.82 Å². The van der Waals surface area contributed by atoms with Gasteiger partial charge in [0.2, 0.25) is 10.0 Å². The lowest BCUT2D eigenvalue weighted by molar-refractivity contribution is 0.0651. The molecule has 1 atom stereocenters. The maximum absolute atomic E-state index is 13.1. The highest BCUT2D eigenvalue weighted by molar-refractivity contribution is 7.89. The number of rotatable bonds is 5. The van der Waals surface area contributed by atoms with Crippen molar-refractivity contribution in [1.82, 2.24) is 9.21 Å². The summed E-state index contributed by atoms with van der Waals surface area (Å²) in [5, 5.41) is 0. The number of benzene rings is 2. The van der Waals surface area contributed by atoms with Gasteiger partial charge in [-0.2, -0.15) is 4.31 Å². The Labute approximate surface area is 153 Å². The molecule has 0 spiro atoms. The quantitative estimate of drug-likeness (QED) is 0.806. The molecule has 0 N–H and O–H groups in total. The zero-order valence-electron chi connectivity index (χ0n) is 14.7. The summed E-state index contributed by atoms with van der Waals surface area (Å²) in [5.74, 6) is -0.522. The second-order valence-corrected chi connectivity index (χ2v) is 8.42. The monoisotopic (exact) mass is 376 g/mol. The molecule has 1 amide bonds. The van der Waals surface area contributed by atoms with E-state index in [0.717, 1.165) is 6.42 Å². The molecule has 1 saturated heterocycles. The number of halogens is 1.